The Morgan fingerprint density at radius 1 is 1.38 bits per heavy atom. The summed E-state index contributed by atoms with van der Waals surface area (Å²) in [5, 5.41) is 9.30. The van der Waals surface area contributed by atoms with E-state index in [9.17, 15) is 13.5 Å². The smallest absolute Gasteiger partial charge is 0.181 e. The van der Waals surface area contributed by atoms with Crippen LogP contribution >= 0.6 is 0 Å². The molecule has 0 aliphatic heterocycles. The maximum absolute atomic E-state index is 11.9. The minimum absolute atomic E-state index is 0.0514. The highest BCUT2D eigenvalue weighted by Gasteiger charge is 2.20. The zero-order valence-corrected chi connectivity index (χ0v) is 10.3. The van der Waals surface area contributed by atoms with Crippen LogP contribution in [0.2, 0.25) is 0 Å². The van der Waals surface area contributed by atoms with Gasteiger partial charge in [0.1, 0.15) is 0 Å². The van der Waals surface area contributed by atoms with Crippen LogP contribution < -0.4 is 5.73 Å². The highest BCUT2D eigenvalue weighted by atomic mass is 32.2. The number of hydrogen-bond acceptors (Lipinski definition) is 4. The zero-order chi connectivity index (χ0) is 12.3. The van der Waals surface area contributed by atoms with Crippen LogP contribution in [0.3, 0.4) is 0 Å². The van der Waals surface area contributed by atoms with Crippen LogP contribution in [-0.4, -0.2) is 31.9 Å². The molecule has 1 aromatic rings. The summed E-state index contributed by atoms with van der Waals surface area (Å²) < 4.78 is 23.8. The lowest BCUT2D eigenvalue weighted by Gasteiger charge is -2.11. The third-order valence-corrected chi connectivity index (χ3v) is 4.30. The van der Waals surface area contributed by atoms with Gasteiger partial charge in [-0.15, -0.1) is 0 Å². The fraction of sp³-hybridized carbons (Fsp3) is 0.455. The van der Waals surface area contributed by atoms with Crippen LogP contribution in [0.15, 0.2) is 23.1 Å². The molecule has 0 saturated carbocycles. The van der Waals surface area contributed by atoms with Crippen molar-refractivity contribution in [2.45, 2.75) is 24.8 Å². The number of benzene rings is 1. The Labute approximate surface area is 96.0 Å². The van der Waals surface area contributed by atoms with Crippen molar-refractivity contribution in [2.75, 3.05) is 12.3 Å². The van der Waals surface area contributed by atoms with Crippen molar-refractivity contribution in [3.63, 3.8) is 0 Å². The highest BCUT2D eigenvalue weighted by Crippen LogP contribution is 2.18. The molecule has 0 aliphatic carbocycles. The van der Waals surface area contributed by atoms with E-state index >= 15 is 0 Å². The molecule has 0 fully saturated rings. The number of rotatable bonds is 4. The zero-order valence-electron chi connectivity index (χ0n) is 9.47. The molecule has 3 N–H and O–H groups in total. The summed E-state index contributed by atoms with van der Waals surface area (Å²) >= 11 is 0. The average molecular weight is 243 g/mol. The van der Waals surface area contributed by atoms with Gasteiger partial charge in [-0.2, -0.15) is 0 Å². The second-order valence-corrected chi connectivity index (χ2v) is 5.94. The van der Waals surface area contributed by atoms with Crippen LogP contribution in [0.1, 0.15) is 11.1 Å². The van der Waals surface area contributed by atoms with E-state index in [0.29, 0.717) is 5.56 Å². The fourth-order valence-corrected chi connectivity index (χ4v) is 3.21. The van der Waals surface area contributed by atoms with E-state index in [1.54, 1.807) is 19.1 Å². The molecule has 5 heteroatoms. The Bertz CT molecular complexity index is 468. The van der Waals surface area contributed by atoms with Crippen LogP contribution in [0, 0.1) is 13.8 Å². The normalized spacial score (nSPS) is 13.8. The first kappa shape index (κ1) is 13.2. The molecule has 0 amide bonds. The van der Waals surface area contributed by atoms with E-state index in [-0.39, 0.29) is 17.2 Å². The van der Waals surface area contributed by atoms with E-state index in [1.165, 1.54) is 0 Å². The number of nitrogens with two attached hydrogens (primary N) is 1. The summed E-state index contributed by atoms with van der Waals surface area (Å²) in [6.45, 7) is 3.59. The number of aliphatic hydroxyl groups is 1. The summed E-state index contributed by atoms with van der Waals surface area (Å²) in [6, 6.07) is 5.12. The maximum Gasteiger partial charge on any atom is 0.181 e. The van der Waals surface area contributed by atoms with Gasteiger partial charge in [0.2, 0.25) is 0 Å². The molecule has 0 radical (unpaired) electrons. The Balaban J connectivity index is 3.08. The summed E-state index contributed by atoms with van der Waals surface area (Å²) in [6.07, 6.45) is -1.01. The quantitative estimate of drug-likeness (QED) is 0.802. The van der Waals surface area contributed by atoms with Crippen molar-refractivity contribution in [1.82, 2.24) is 0 Å². The molecular weight excluding hydrogens is 226 g/mol. The Kier molecular flexibility index (Phi) is 4.07. The fourth-order valence-electron chi connectivity index (χ4n) is 1.56. The van der Waals surface area contributed by atoms with E-state index in [2.05, 4.69) is 0 Å². The molecule has 1 unspecified atom stereocenters. The first-order chi connectivity index (χ1) is 7.36. The Morgan fingerprint density at radius 2 is 2.00 bits per heavy atom. The van der Waals surface area contributed by atoms with Gasteiger partial charge < -0.3 is 10.8 Å². The molecule has 90 valence electrons. The molecule has 1 atom stereocenters. The van der Waals surface area contributed by atoms with Gasteiger partial charge in [-0.3, -0.25) is 0 Å². The van der Waals surface area contributed by atoms with E-state index in [4.69, 9.17) is 5.73 Å². The third-order valence-electron chi connectivity index (χ3n) is 2.35. The number of aryl methyl sites for hydroxylation is 2. The average Bonchev–Trinajstić information content (AvgIpc) is 2.16. The molecule has 16 heavy (non-hydrogen) atoms. The van der Waals surface area contributed by atoms with Gasteiger partial charge >= 0.3 is 0 Å². The Hall–Kier alpha value is -0.910. The van der Waals surface area contributed by atoms with E-state index < -0.39 is 15.9 Å². The lowest BCUT2D eigenvalue weighted by Crippen LogP contribution is -2.28. The monoisotopic (exact) mass is 243 g/mol. The molecule has 0 bridgehead atoms. The standard InChI is InChI=1S/C11H17NO3S/c1-8-3-4-11(9(2)5-8)16(14,15)7-10(13)6-12/h3-5,10,13H,6-7,12H2,1-2H3. The summed E-state index contributed by atoms with van der Waals surface area (Å²) in [5.41, 5.74) is 6.91. The third kappa shape index (κ3) is 3.04. The molecule has 1 aromatic carbocycles. The largest absolute Gasteiger partial charge is 0.391 e. The minimum atomic E-state index is -3.45. The number of sulfone groups is 1. The van der Waals surface area contributed by atoms with E-state index in [0.717, 1.165) is 5.56 Å². The Morgan fingerprint density at radius 3 is 2.50 bits per heavy atom. The number of hydrogen-bond donors (Lipinski definition) is 2. The lowest BCUT2D eigenvalue weighted by molar-refractivity contribution is 0.205. The van der Waals surface area contributed by atoms with Crippen LogP contribution in [0.25, 0.3) is 0 Å². The summed E-state index contributed by atoms with van der Waals surface area (Å²) in [7, 11) is -3.45. The first-order valence-corrected chi connectivity index (χ1v) is 6.70. The van der Waals surface area contributed by atoms with Crippen molar-refractivity contribution >= 4 is 9.84 Å². The first-order valence-electron chi connectivity index (χ1n) is 5.05. The van der Waals surface area contributed by atoms with Gasteiger partial charge in [-0.1, -0.05) is 17.7 Å². The van der Waals surface area contributed by atoms with Crippen molar-refractivity contribution in [1.29, 1.82) is 0 Å². The number of aliphatic hydroxyl groups excluding tert-OH is 1. The molecule has 0 aliphatic rings. The molecule has 0 saturated heterocycles. The molecule has 0 spiro atoms. The van der Waals surface area contributed by atoms with Gasteiger partial charge in [0.15, 0.2) is 9.84 Å². The minimum Gasteiger partial charge on any atom is -0.391 e. The predicted molar refractivity (Wildman–Crippen MR) is 63.0 cm³/mol. The van der Waals surface area contributed by atoms with Gasteiger partial charge in [0, 0.05) is 6.54 Å². The van der Waals surface area contributed by atoms with Gasteiger partial charge in [-0.25, -0.2) is 8.42 Å². The van der Waals surface area contributed by atoms with Gasteiger partial charge in [0.05, 0.1) is 16.8 Å². The molecule has 0 aromatic heterocycles. The van der Waals surface area contributed by atoms with Gasteiger partial charge in [-0.05, 0) is 25.5 Å². The van der Waals surface area contributed by atoms with Crippen molar-refractivity contribution in [3.8, 4) is 0 Å². The van der Waals surface area contributed by atoms with Gasteiger partial charge in [0.25, 0.3) is 0 Å². The van der Waals surface area contributed by atoms with Crippen molar-refractivity contribution < 1.29 is 13.5 Å². The second-order valence-electron chi connectivity index (χ2n) is 3.94. The predicted octanol–water partition coefficient (Wildman–Crippen LogP) is 0.397. The summed E-state index contributed by atoms with van der Waals surface area (Å²) in [4.78, 5) is 0.269. The van der Waals surface area contributed by atoms with Crippen molar-refractivity contribution in [3.05, 3.63) is 29.3 Å². The summed E-state index contributed by atoms with van der Waals surface area (Å²) in [5.74, 6) is -0.326. The molecule has 4 nitrogen and oxygen atoms in total. The molecular formula is C11H17NO3S. The highest BCUT2D eigenvalue weighted by molar-refractivity contribution is 7.91. The maximum atomic E-state index is 11.9. The van der Waals surface area contributed by atoms with Crippen molar-refractivity contribution in [2.24, 2.45) is 5.73 Å². The molecule has 1 rings (SSSR count). The molecule has 0 heterocycles. The van der Waals surface area contributed by atoms with Crippen LogP contribution in [0.5, 0.6) is 0 Å². The topological polar surface area (TPSA) is 80.4 Å². The lowest BCUT2D eigenvalue weighted by atomic mass is 10.2. The van der Waals surface area contributed by atoms with Crippen LogP contribution in [0.4, 0.5) is 0 Å². The second kappa shape index (κ2) is 4.95. The van der Waals surface area contributed by atoms with Crippen LogP contribution in [-0.2, 0) is 9.84 Å². The SMILES string of the molecule is Cc1ccc(S(=O)(=O)CC(O)CN)c(C)c1. The van der Waals surface area contributed by atoms with E-state index in [1.807, 2.05) is 13.0 Å².